The lowest BCUT2D eigenvalue weighted by Gasteiger charge is -2.03. The van der Waals surface area contributed by atoms with Crippen molar-refractivity contribution >= 4 is 11.0 Å². The summed E-state index contributed by atoms with van der Waals surface area (Å²) < 4.78 is 61.4. The summed E-state index contributed by atoms with van der Waals surface area (Å²) in [6, 6.07) is 1.70. The Morgan fingerprint density at radius 2 is 1.81 bits per heavy atom. The summed E-state index contributed by atoms with van der Waals surface area (Å²) in [5.41, 5.74) is -1.35. The van der Waals surface area contributed by atoms with Gasteiger partial charge in [0.2, 0.25) is 0 Å². The van der Waals surface area contributed by atoms with Crippen LogP contribution in [0.5, 0.6) is 0 Å². The standard InChI is InChI=1S/C8H4F5N3/c9-7(10)16-3-5-4(15-16)1-2-6(14-5)8(11,12)13/h1-3,7H. The van der Waals surface area contributed by atoms with Crippen LogP contribution in [0.1, 0.15) is 12.2 Å². The molecule has 0 aromatic carbocycles. The zero-order valence-corrected chi connectivity index (χ0v) is 7.54. The van der Waals surface area contributed by atoms with Gasteiger partial charge in [0, 0.05) is 0 Å². The highest BCUT2D eigenvalue weighted by Gasteiger charge is 2.32. The maximum absolute atomic E-state index is 12.2. The fourth-order valence-electron chi connectivity index (χ4n) is 1.18. The Bertz CT molecular complexity index is 516. The zero-order chi connectivity index (χ0) is 11.9. The maximum Gasteiger partial charge on any atom is 0.433 e. The van der Waals surface area contributed by atoms with Crippen molar-refractivity contribution in [1.82, 2.24) is 14.8 Å². The van der Waals surface area contributed by atoms with Gasteiger partial charge in [-0.05, 0) is 12.1 Å². The summed E-state index contributed by atoms with van der Waals surface area (Å²) in [5.74, 6) is 0. The maximum atomic E-state index is 12.2. The molecule has 0 aliphatic rings. The van der Waals surface area contributed by atoms with E-state index < -0.39 is 18.4 Å². The van der Waals surface area contributed by atoms with Gasteiger partial charge in [-0.1, -0.05) is 0 Å². The van der Waals surface area contributed by atoms with E-state index in [4.69, 9.17) is 0 Å². The first kappa shape index (κ1) is 10.8. The highest BCUT2D eigenvalue weighted by Crippen LogP contribution is 2.28. The number of alkyl halides is 5. The van der Waals surface area contributed by atoms with Crippen molar-refractivity contribution in [3.05, 3.63) is 24.0 Å². The van der Waals surface area contributed by atoms with Crippen LogP contribution in [0, 0.1) is 0 Å². The number of hydrogen-bond donors (Lipinski definition) is 0. The minimum atomic E-state index is -4.60. The van der Waals surface area contributed by atoms with Crippen molar-refractivity contribution in [3.8, 4) is 0 Å². The molecule has 2 rings (SSSR count). The molecule has 0 saturated carbocycles. The molecule has 3 nitrogen and oxygen atoms in total. The summed E-state index contributed by atoms with van der Waals surface area (Å²) in [7, 11) is 0. The molecule has 2 aromatic rings. The van der Waals surface area contributed by atoms with E-state index in [2.05, 4.69) is 10.1 Å². The van der Waals surface area contributed by atoms with Crippen LogP contribution < -0.4 is 0 Å². The Balaban J connectivity index is 2.54. The van der Waals surface area contributed by atoms with Crippen molar-refractivity contribution in [2.24, 2.45) is 0 Å². The molecule has 8 heteroatoms. The lowest BCUT2D eigenvalue weighted by atomic mass is 10.3. The third kappa shape index (κ3) is 1.82. The van der Waals surface area contributed by atoms with Crippen LogP contribution in [0.15, 0.2) is 18.3 Å². The van der Waals surface area contributed by atoms with E-state index in [-0.39, 0.29) is 15.7 Å². The van der Waals surface area contributed by atoms with Crippen molar-refractivity contribution in [3.63, 3.8) is 0 Å². The van der Waals surface area contributed by atoms with E-state index >= 15 is 0 Å². The molecule has 0 atom stereocenters. The van der Waals surface area contributed by atoms with Gasteiger partial charge in [-0.2, -0.15) is 27.1 Å². The number of halogens is 5. The summed E-state index contributed by atoms with van der Waals surface area (Å²) in [5, 5.41) is 3.37. The van der Waals surface area contributed by atoms with Gasteiger partial charge in [-0.15, -0.1) is 0 Å². The van der Waals surface area contributed by atoms with Crippen molar-refractivity contribution < 1.29 is 22.0 Å². The smallest absolute Gasteiger partial charge is 0.240 e. The summed E-state index contributed by atoms with van der Waals surface area (Å²) in [4.78, 5) is 3.21. The fourth-order valence-corrected chi connectivity index (χ4v) is 1.18. The molecule has 0 saturated heterocycles. The molecule has 0 bridgehead atoms. The third-order valence-corrected chi connectivity index (χ3v) is 1.87. The average Bonchev–Trinajstić information content (AvgIpc) is 2.58. The average molecular weight is 237 g/mol. The minimum absolute atomic E-state index is 0.00620. The Morgan fingerprint density at radius 1 is 1.12 bits per heavy atom. The quantitative estimate of drug-likeness (QED) is 0.714. The zero-order valence-electron chi connectivity index (χ0n) is 7.54. The molecular formula is C8H4F5N3. The largest absolute Gasteiger partial charge is 0.433 e. The third-order valence-electron chi connectivity index (χ3n) is 1.87. The summed E-state index contributed by atoms with van der Waals surface area (Å²) in [6.07, 6.45) is -3.82. The van der Waals surface area contributed by atoms with E-state index in [9.17, 15) is 22.0 Å². The molecule has 0 radical (unpaired) electrons. The predicted octanol–water partition coefficient (Wildman–Crippen LogP) is 2.85. The fraction of sp³-hybridized carbons (Fsp3) is 0.250. The predicted molar refractivity (Wildman–Crippen MR) is 43.8 cm³/mol. The van der Waals surface area contributed by atoms with Gasteiger partial charge in [-0.25, -0.2) is 9.67 Å². The Morgan fingerprint density at radius 3 is 2.38 bits per heavy atom. The second-order valence-electron chi connectivity index (χ2n) is 2.99. The van der Waals surface area contributed by atoms with Gasteiger partial charge in [0.25, 0.3) is 0 Å². The van der Waals surface area contributed by atoms with Crippen LogP contribution in [0.3, 0.4) is 0 Å². The second-order valence-corrected chi connectivity index (χ2v) is 2.99. The summed E-state index contributed by atoms with van der Waals surface area (Å²) in [6.45, 7) is -2.90. The molecular weight excluding hydrogens is 233 g/mol. The molecule has 2 heterocycles. The Kier molecular flexibility index (Phi) is 2.28. The monoisotopic (exact) mass is 237 g/mol. The first-order valence-electron chi connectivity index (χ1n) is 4.09. The molecule has 0 N–H and O–H groups in total. The normalized spacial score (nSPS) is 12.6. The Labute approximate surface area is 85.5 Å². The highest BCUT2D eigenvalue weighted by atomic mass is 19.4. The summed E-state index contributed by atoms with van der Waals surface area (Å²) >= 11 is 0. The van der Waals surface area contributed by atoms with Crippen LogP contribution in [0.2, 0.25) is 0 Å². The van der Waals surface area contributed by atoms with Gasteiger partial charge in [0.15, 0.2) is 0 Å². The number of pyridine rings is 1. The van der Waals surface area contributed by atoms with Crippen LogP contribution in [-0.4, -0.2) is 14.8 Å². The minimum Gasteiger partial charge on any atom is -0.240 e. The second kappa shape index (κ2) is 3.39. The van der Waals surface area contributed by atoms with Crippen molar-refractivity contribution in [2.45, 2.75) is 12.7 Å². The van der Waals surface area contributed by atoms with Gasteiger partial charge in [-0.3, -0.25) is 0 Å². The molecule has 0 amide bonds. The molecule has 0 aliphatic heterocycles. The highest BCUT2D eigenvalue weighted by molar-refractivity contribution is 5.73. The number of rotatable bonds is 1. The van der Waals surface area contributed by atoms with E-state index in [1.807, 2.05) is 0 Å². The molecule has 0 unspecified atom stereocenters. The lowest BCUT2D eigenvalue weighted by Crippen LogP contribution is -2.07. The first-order valence-corrected chi connectivity index (χ1v) is 4.09. The van der Waals surface area contributed by atoms with Crippen LogP contribution in [0.25, 0.3) is 11.0 Å². The van der Waals surface area contributed by atoms with E-state index in [1.54, 1.807) is 0 Å². The van der Waals surface area contributed by atoms with Crippen molar-refractivity contribution in [1.29, 1.82) is 0 Å². The molecule has 0 spiro atoms. The van der Waals surface area contributed by atoms with Crippen LogP contribution in [0.4, 0.5) is 22.0 Å². The number of nitrogens with zero attached hydrogens (tertiary/aromatic N) is 3. The SMILES string of the molecule is FC(F)n1cc2nc(C(F)(F)F)ccc2n1. The topological polar surface area (TPSA) is 30.7 Å². The van der Waals surface area contributed by atoms with E-state index in [1.165, 1.54) is 0 Å². The van der Waals surface area contributed by atoms with Gasteiger partial charge < -0.3 is 0 Å². The lowest BCUT2D eigenvalue weighted by molar-refractivity contribution is -0.140. The number of fused-ring (bicyclic) bond motifs is 1. The molecule has 86 valence electrons. The van der Waals surface area contributed by atoms with Gasteiger partial charge in [0.05, 0.1) is 6.20 Å². The molecule has 16 heavy (non-hydrogen) atoms. The van der Waals surface area contributed by atoms with Gasteiger partial charge >= 0.3 is 12.7 Å². The first-order chi connectivity index (χ1) is 7.38. The molecule has 0 fully saturated rings. The molecule has 2 aromatic heterocycles. The van der Waals surface area contributed by atoms with Crippen LogP contribution >= 0.6 is 0 Å². The number of hydrogen-bond acceptors (Lipinski definition) is 2. The van der Waals surface area contributed by atoms with Crippen molar-refractivity contribution in [2.75, 3.05) is 0 Å². The number of aromatic nitrogens is 3. The van der Waals surface area contributed by atoms with Gasteiger partial charge in [0.1, 0.15) is 16.7 Å². The molecule has 0 aliphatic carbocycles. The van der Waals surface area contributed by atoms with E-state index in [0.717, 1.165) is 12.3 Å². The van der Waals surface area contributed by atoms with Crippen LogP contribution in [-0.2, 0) is 6.18 Å². The van der Waals surface area contributed by atoms with E-state index in [0.29, 0.717) is 6.07 Å². The Hall–Kier alpha value is -1.73.